The predicted molar refractivity (Wildman–Crippen MR) is 94.0 cm³/mol. The van der Waals surface area contributed by atoms with Crippen LogP contribution in [0.1, 0.15) is 10.4 Å². The van der Waals surface area contributed by atoms with Crippen molar-refractivity contribution in [1.29, 1.82) is 0 Å². The lowest BCUT2D eigenvalue weighted by Gasteiger charge is -2.12. The van der Waals surface area contributed by atoms with E-state index in [1.54, 1.807) is 42.5 Å². The van der Waals surface area contributed by atoms with Gasteiger partial charge in [-0.1, -0.05) is 30.3 Å². The minimum Gasteiger partial charge on any atom is -0.457 e. The van der Waals surface area contributed by atoms with Crippen LogP contribution in [0, 0.1) is 5.82 Å². The Morgan fingerprint density at radius 1 is 0.846 bits per heavy atom. The van der Waals surface area contributed by atoms with Crippen LogP contribution in [0.3, 0.4) is 0 Å². The number of nitrogens with one attached hydrogen (secondary N) is 1. The Morgan fingerprint density at radius 3 is 2.15 bits per heavy atom. The molecule has 0 unspecified atom stereocenters. The Labute approximate surface area is 150 Å². The van der Waals surface area contributed by atoms with Crippen molar-refractivity contribution in [2.75, 3.05) is 0 Å². The van der Waals surface area contributed by atoms with Gasteiger partial charge in [-0.15, -0.1) is 0 Å². The number of ether oxygens (including phenoxy) is 1. The maximum absolute atomic E-state index is 13.0. The fourth-order valence-electron chi connectivity index (χ4n) is 2.21. The van der Waals surface area contributed by atoms with Crippen molar-refractivity contribution in [3.05, 3.63) is 90.2 Å². The van der Waals surface area contributed by atoms with Gasteiger partial charge in [-0.25, -0.2) is 17.5 Å². The van der Waals surface area contributed by atoms with E-state index in [-0.39, 0.29) is 16.2 Å². The van der Waals surface area contributed by atoms with E-state index < -0.39 is 21.7 Å². The van der Waals surface area contributed by atoms with Crippen molar-refractivity contribution in [3.63, 3.8) is 0 Å². The van der Waals surface area contributed by atoms with Crippen molar-refractivity contribution < 1.29 is 22.3 Å². The summed E-state index contributed by atoms with van der Waals surface area (Å²) in [7, 11) is -4.14. The van der Waals surface area contributed by atoms with Gasteiger partial charge >= 0.3 is 0 Å². The second kappa shape index (κ2) is 7.37. The van der Waals surface area contributed by atoms with Crippen LogP contribution in [0.15, 0.2) is 83.8 Å². The molecule has 0 spiro atoms. The summed E-state index contributed by atoms with van der Waals surface area (Å²) >= 11 is 0. The molecule has 0 aliphatic rings. The zero-order valence-corrected chi connectivity index (χ0v) is 14.2. The Balaban J connectivity index is 1.85. The van der Waals surface area contributed by atoms with Crippen molar-refractivity contribution in [2.45, 2.75) is 4.90 Å². The lowest BCUT2D eigenvalue weighted by atomic mass is 10.2. The summed E-state index contributed by atoms with van der Waals surface area (Å²) in [4.78, 5) is 12.3. The quantitative estimate of drug-likeness (QED) is 0.742. The molecule has 3 aromatic rings. The number of sulfonamides is 1. The maximum Gasteiger partial charge on any atom is 0.268 e. The number of carbonyl (C=O) groups excluding carboxylic acids is 1. The molecule has 0 fully saturated rings. The molecule has 0 saturated carbocycles. The monoisotopic (exact) mass is 371 g/mol. The summed E-state index contributed by atoms with van der Waals surface area (Å²) < 4.78 is 45.2. The highest BCUT2D eigenvalue weighted by Gasteiger charge is 2.21. The molecule has 5 nitrogen and oxygen atoms in total. The molecule has 0 aromatic heterocycles. The summed E-state index contributed by atoms with van der Waals surface area (Å²) in [5.41, 5.74) is 0.0574. The van der Waals surface area contributed by atoms with E-state index in [1.165, 1.54) is 6.07 Å². The molecule has 0 atom stereocenters. The van der Waals surface area contributed by atoms with E-state index in [2.05, 4.69) is 0 Å². The Morgan fingerprint density at radius 2 is 1.46 bits per heavy atom. The zero-order valence-electron chi connectivity index (χ0n) is 13.4. The number of para-hydroxylation sites is 2. The summed E-state index contributed by atoms with van der Waals surface area (Å²) in [6.45, 7) is 0. The van der Waals surface area contributed by atoms with Crippen LogP contribution in [0.25, 0.3) is 0 Å². The molecular weight excluding hydrogens is 357 g/mol. The van der Waals surface area contributed by atoms with Crippen LogP contribution in [0.5, 0.6) is 11.5 Å². The van der Waals surface area contributed by atoms with Crippen LogP contribution in [0.2, 0.25) is 0 Å². The predicted octanol–water partition coefficient (Wildman–Crippen LogP) is 3.74. The van der Waals surface area contributed by atoms with Gasteiger partial charge in [0.05, 0.1) is 10.5 Å². The molecule has 0 aliphatic carbocycles. The first-order valence-corrected chi connectivity index (χ1v) is 9.09. The van der Waals surface area contributed by atoms with E-state index in [0.29, 0.717) is 5.75 Å². The Kier molecular flexibility index (Phi) is 4.99. The zero-order chi connectivity index (χ0) is 18.6. The number of hydrogen-bond acceptors (Lipinski definition) is 4. The fraction of sp³-hybridized carbons (Fsp3) is 0. The molecule has 1 N–H and O–H groups in total. The second-order valence-electron chi connectivity index (χ2n) is 5.30. The fourth-order valence-corrected chi connectivity index (χ4v) is 3.17. The summed E-state index contributed by atoms with van der Waals surface area (Å²) in [5, 5.41) is 0. The van der Waals surface area contributed by atoms with Crippen LogP contribution in [-0.2, 0) is 10.0 Å². The standard InChI is InChI=1S/C19H14FNO4S/c20-14-10-12-16(13-11-14)26(23,24)21-19(22)17-8-4-5-9-18(17)25-15-6-2-1-3-7-15/h1-13H,(H,21,22). The molecule has 3 rings (SSSR count). The van der Waals surface area contributed by atoms with Gasteiger partial charge in [0.2, 0.25) is 0 Å². The molecule has 0 bridgehead atoms. The molecule has 0 saturated heterocycles. The van der Waals surface area contributed by atoms with Crippen LogP contribution >= 0.6 is 0 Å². The lowest BCUT2D eigenvalue weighted by molar-refractivity contribution is 0.0979. The average molecular weight is 371 g/mol. The average Bonchev–Trinajstić information content (AvgIpc) is 2.63. The number of hydrogen-bond donors (Lipinski definition) is 1. The Bertz CT molecular complexity index is 1020. The molecule has 3 aromatic carbocycles. The van der Waals surface area contributed by atoms with Gasteiger partial charge in [0, 0.05) is 0 Å². The lowest BCUT2D eigenvalue weighted by Crippen LogP contribution is -2.30. The van der Waals surface area contributed by atoms with Crippen molar-refractivity contribution in [3.8, 4) is 11.5 Å². The van der Waals surface area contributed by atoms with Gasteiger partial charge in [0.25, 0.3) is 15.9 Å². The first kappa shape index (κ1) is 17.6. The molecule has 0 heterocycles. The summed E-state index contributed by atoms with van der Waals surface area (Å²) in [5.74, 6) is -0.697. The summed E-state index contributed by atoms with van der Waals surface area (Å²) in [6.07, 6.45) is 0. The van der Waals surface area contributed by atoms with E-state index in [9.17, 15) is 17.6 Å². The smallest absolute Gasteiger partial charge is 0.268 e. The topological polar surface area (TPSA) is 72.5 Å². The van der Waals surface area contributed by atoms with Crippen molar-refractivity contribution in [2.24, 2.45) is 0 Å². The number of rotatable bonds is 5. The molecule has 0 radical (unpaired) electrons. The van der Waals surface area contributed by atoms with Gasteiger partial charge in [0.15, 0.2) is 0 Å². The van der Waals surface area contributed by atoms with Gasteiger partial charge < -0.3 is 4.74 Å². The van der Waals surface area contributed by atoms with Crippen LogP contribution in [0.4, 0.5) is 4.39 Å². The highest BCUT2D eigenvalue weighted by atomic mass is 32.2. The maximum atomic E-state index is 13.0. The van der Waals surface area contributed by atoms with Crippen molar-refractivity contribution in [1.82, 2.24) is 4.72 Å². The van der Waals surface area contributed by atoms with Gasteiger partial charge in [-0.05, 0) is 48.5 Å². The number of benzene rings is 3. The summed E-state index contributed by atoms with van der Waals surface area (Å²) in [6, 6.07) is 19.2. The molecule has 26 heavy (non-hydrogen) atoms. The minimum absolute atomic E-state index is 0.0574. The van der Waals surface area contributed by atoms with Crippen LogP contribution < -0.4 is 9.46 Å². The molecule has 1 amide bonds. The minimum atomic E-state index is -4.14. The second-order valence-corrected chi connectivity index (χ2v) is 6.98. The first-order valence-electron chi connectivity index (χ1n) is 7.60. The van der Waals surface area contributed by atoms with E-state index >= 15 is 0 Å². The molecule has 0 aliphatic heterocycles. The highest BCUT2D eigenvalue weighted by molar-refractivity contribution is 7.90. The van der Waals surface area contributed by atoms with E-state index in [1.807, 2.05) is 10.8 Å². The number of amides is 1. The molecule has 132 valence electrons. The largest absolute Gasteiger partial charge is 0.457 e. The normalized spacial score (nSPS) is 11.0. The first-order chi connectivity index (χ1) is 12.5. The third-order valence-electron chi connectivity index (χ3n) is 3.45. The highest BCUT2D eigenvalue weighted by Crippen LogP contribution is 2.25. The van der Waals surface area contributed by atoms with E-state index in [4.69, 9.17) is 4.74 Å². The SMILES string of the molecule is O=C(NS(=O)(=O)c1ccc(F)cc1)c1ccccc1Oc1ccccc1. The third kappa shape index (κ3) is 4.07. The molecule has 7 heteroatoms. The van der Waals surface area contributed by atoms with Gasteiger partial charge in [-0.3, -0.25) is 4.79 Å². The number of carbonyl (C=O) groups is 1. The Hall–Kier alpha value is -3.19. The number of halogens is 1. The van der Waals surface area contributed by atoms with E-state index in [0.717, 1.165) is 24.3 Å². The van der Waals surface area contributed by atoms with Crippen LogP contribution in [-0.4, -0.2) is 14.3 Å². The van der Waals surface area contributed by atoms with Gasteiger partial charge in [0.1, 0.15) is 17.3 Å². The van der Waals surface area contributed by atoms with Crippen molar-refractivity contribution >= 4 is 15.9 Å². The third-order valence-corrected chi connectivity index (χ3v) is 4.80. The molecular formula is C19H14FNO4S. The van der Waals surface area contributed by atoms with Gasteiger partial charge in [-0.2, -0.15) is 0 Å².